The van der Waals surface area contributed by atoms with Gasteiger partial charge in [0.2, 0.25) is 0 Å². The average molecular weight is 361 g/mol. The molecule has 1 atom stereocenters. The molecule has 0 radical (unpaired) electrons. The molecular formula is C19H25ClN4O. The minimum atomic E-state index is 0. The number of aryl methyl sites for hydroxylation is 1. The lowest BCUT2D eigenvalue weighted by molar-refractivity contribution is 0.480. The Kier molecular flexibility index (Phi) is 6.03. The number of nitrogens with zero attached hydrogens (tertiary/aromatic N) is 3. The summed E-state index contributed by atoms with van der Waals surface area (Å²) in [7, 11) is 0. The van der Waals surface area contributed by atoms with Crippen molar-refractivity contribution in [2.45, 2.75) is 39.2 Å². The third kappa shape index (κ3) is 3.62. The van der Waals surface area contributed by atoms with Crippen LogP contribution in [0.4, 0.5) is 5.82 Å². The van der Waals surface area contributed by atoms with Crippen molar-refractivity contribution in [1.29, 1.82) is 0 Å². The van der Waals surface area contributed by atoms with Crippen LogP contribution in [0.2, 0.25) is 0 Å². The Balaban J connectivity index is 0.00000113. The summed E-state index contributed by atoms with van der Waals surface area (Å²) in [5.41, 5.74) is 4.22. The summed E-state index contributed by atoms with van der Waals surface area (Å²) in [6.07, 6.45) is 3.77. The number of benzene rings is 1. The van der Waals surface area contributed by atoms with Crippen molar-refractivity contribution in [3.63, 3.8) is 0 Å². The van der Waals surface area contributed by atoms with E-state index in [-0.39, 0.29) is 17.9 Å². The molecule has 0 aliphatic carbocycles. The van der Waals surface area contributed by atoms with E-state index in [0.29, 0.717) is 6.04 Å². The molecule has 3 aliphatic rings. The minimum absolute atomic E-state index is 0. The molecule has 6 heteroatoms. The molecule has 3 N–H and O–H groups in total. The van der Waals surface area contributed by atoms with Gasteiger partial charge in [-0.1, -0.05) is 30.3 Å². The van der Waals surface area contributed by atoms with Crippen molar-refractivity contribution in [3.05, 3.63) is 42.2 Å². The Morgan fingerprint density at radius 2 is 1.88 bits per heavy atom. The molecule has 4 rings (SSSR count). The number of nitrogens with one attached hydrogen (secondary N) is 1. The van der Waals surface area contributed by atoms with Gasteiger partial charge in [-0.2, -0.15) is 0 Å². The first-order valence-electron chi connectivity index (χ1n) is 8.42. The van der Waals surface area contributed by atoms with Gasteiger partial charge in [-0.3, -0.25) is 0 Å². The molecule has 0 aromatic heterocycles. The maximum atomic E-state index is 4.90. The van der Waals surface area contributed by atoms with E-state index in [1.165, 1.54) is 19.3 Å². The van der Waals surface area contributed by atoms with Crippen LogP contribution in [-0.4, -0.2) is 33.0 Å². The third-order valence-corrected chi connectivity index (χ3v) is 4.71. The maximum absolute atomic E-state index is 4.90. The van der Waals surface area contributed by atoms with Crippen LogP contribution in [-0.2, 0) is 0 Å². The molecule has 1 aromatic carbocycles. The molecule has 1 saturated heterocycles. The number of fused-ring (bicyclic) bond motifs is 1. The van der Waals surface area contributed by atoms with Crippen molar-refractivity contribution in [2.24, 2.45) is 0 Å². The predicted molar refractivity (Wildman–Crippen MR) is 105 cm³/mol. The quantitative estimate of drug-likeness (QED) is 0.753. The van der Waals surface area contributed by atoms with E-state index in [0.717, 1.165) is 40.8 Å². The van der Waals surface area contributed by atoms with Crippen LogP contribution < -0.4 is 4.90 Å². The number of anilines is 1. The fourth-order valence-corrected chi connectivity index (χ4v) is 3.49. The summed E-state index contributed by atoms with van der Waals surface area (Å²) < 4.78 is 0. The van der Waals surface area contributed by atoms with Gasteiger partial charge >= 0.3 is 0 Å². The summed E-state index contributed by atoms with van der Waals surface area (Å²) >= 11 is 0. The van der Waals surface area contributed by atoms with Crippen molar-refractivity contribution in [3.8, 4) is 22.6 Å². The average Bonchev–Trinajstić information content (AvgIpc) is 2.99. The van der Waals surface area contributed by atoms with E-state index in [2.05, 4.69) is 47.1 Å². The van der Waals surface area contributed by atoms with E-state index in [4.69, 9.17) is 9.97 Å². The second-order valence-corrected chi connectivity index (χ2v) is 6.45. The first-order chi connectivity index (χ1) is 11.2. The van der Waals surface area contributed by atoms with Gasteiger partial charge < -0.3 is 15.4 Å². The molecule has 0 bridgehead atoms. The van der Waals surface area contributed by atoms with Gasteiger partial charge in [-0.25, -0.2) is 9.97 Å². The minimum Gasteiger partial charge on any atom is -0.412 e. The summed E-state index contributed by atoms with van der Waals surface area (Å²) in [5.74, 6) is 1.97. The van der Waals surface area contributed by atoms with Gasteiger partial charge in [-0.05, 0) is 39.2 Å². The maximum Gasteiger partial charge on any atom is 0.159 e. The van der Waals surface area contributed by atoms with Gasteiger partial charge in [0.1, 0.15) is 11.5 Å². The van der Waals surface area contributed by atoms with Gasteiger partial charge in [0.25, 0.3) is 0 Å². The molecule has 1 unspecified atom stereocenters. The van der Waals surface area contributed by atoms with E-state index in [1.54, 1.807) is 0 Å². The van der Waals surface area contributed by atoms with Crippen molar-refractivity contribution in [2.75, 3.05) is 11.4 Å². The second kappa shape index (κ2) is 7.85. The highest BCUT2D eigenvalue weighted by atomic mass is 35.5. The van der Waals surface area contributed by atoms with Gasteiger partial charge in [0, 0.05) is 18.2 Å². The zero-order chi connectivity index (χ0) is 15.8. The van der Waals surface area contributed by atoms with Crippen molar-refractivity contribution in [1.82, 2.24) is 15.0 Å². The molecule has 1 aromatic rings. The molecule has 5 nitrogen and oxygen atoms in total. The topological polar surface area (TPSA) is 76.3 Å². The Labute approximate surface area is 154 Å². The second-order valence-electron chi connectivity index (χ2n) is 6.45. The lowest BCUT2D eigenvalue weighted by Gasteiger charge is -2.35. The summed E-state index contributed by atoms with van der Waals surface area (Å²) in [5, 5.41) is 0. The van der Waals surface area contributed by atoms with Gasteiger partial charge in [0.15, 0.2) is 5.82 Å². The molecular weight excluding hydrogens is 336 g/mol. The molecule has 25 heavy (non-hydrogen) atoms. The van der Waals surface area contributed by atoms with E-state index < -0.39 is 0 Å². The first kappa shape index (κ1) is 19.2. The lowest BCUT2D eigenvalue weighted by atomic mass is 10.0. The van der Waals surface area contributed by atoms with Crippen LogP contribution in [0.1, 0.15) is 32.0 Å². The van der Waals surface area contributed by atoms with Crippen molar-refractivity contribution < 1.29 is 5.48 Å². The number of hydrogen-bond donors (Lipinski definition) is 1. The highest BCUT2D eigenvalue weighted by Crippen LogP contribution is 2.35. The Morgan fingerprint density at radius 1 is 1.12 bits per heavy atom. The number of rotatable bonds is 2. The zero-order valence-electron chi connectivity index (χ0n) is 14.6. The summed E-state index contributed by atoms with van der Waals surface area (Å²) in [6, 6.07) is 13.0. The Hall–Kier alpha value is -2.11. The predicted octanol–water partition coefficient (Wildman–Crippen LogP) is 3.86. The zero-order valence-corrected chi connectivity index (χ0v) is 15.4. The SMILES string of the molecule is Cc1nc(N2CCCCC2C)c2nc(-c3ccccc3)cc-2[nH]1.Cl.O. The summed E-state index contributed by atoms with van der Waals surface area (Å²) in [4.78, 5) is 15.5. The largest absolute Gasteiger partial charge is 0.412 e. The molecule has 134 valence electrons. The number of H-pyrrole nitrogens is 1. The van der Waals surface area contributed by atoms with Crippen LogP contribution in [0.3, 0.4) is 0 Å². The highest BCUT2D eigenvalue weighted by Gasteiger charge is 2.26. The van der Waals surface area contributed by atoms with Crippen LogP contribution in [0.25, 0.3) is 22.6 Å². The molecule has 0 spiro atoms. The Morgan fingerprint density at radius 3 is 2.60 bits per heavy atom. The number of piperidine rings is 1. The van der Waals surface area contributed by atoms with Crippen molar-refractivity contribution >= 4 is 18.2 Å². The number of halogens is 1. The number of hydrogen-bond acceptors (Lipinski definition) is 3. The monoisotopic (exact) mass is 360 g/mol. The van der Waals surface area contributed by atoms with Crippen LogP contribution in [0, 0.1) is 6.92 Å². The van der Waals surface area contributed by atoms with E-state index in [1.807, 2.05) is 13.0 Å². The molecule has 0 amide bonds. The first-order valence-corrected chi connectivity index (χ1v) is 8.42. The highest BCUT2D eigenvalue weighted by molar-refractivity contribution is 5.85. The Bertz CT molecular complexity index is 790. The number of aromatic amines is 1. The molecule has 0 saturated carbocycles. The van der Waals surface area contributed by atoms with Gasteiger partial charge in [0.05, 0.1) is 11.4 Å². The van der Waals surface area contributed by atoms with E-state index in [9.17, 15) is 0 Å². The third-order valence-electron chi connectivity index (χ3n) is 4.71. The van der Waals surface area contributed by atoms with E-state index >= 15 is 0 Å². The van der Waals surface area contributed by atoms with Crippen LogP contribution in [0.5, 0.6) is 0 Å². The smallest absolute Gasteiger partial charge is 0.159 e. The lowest BCUT2D eigenvalue weighted by Crippen LogP contribution is -2.38. The molecule has 1 fully saturated rings. The number of aromatic nitrogens is 3. The van der Waals surface area contributed by atoms with Gasteiger partial charge in [-0.15, -0.1) is 12.4 Å². The molecule has 3 aliphatic heterocycles. The fraction of sp³-hybridized carbons (Fsp3) is 0.368. The summed E-state index contributed by atoms with van der Waals surface area (Å²) in [6.45, 7) is 5.38. The van der Waals surface area contributed by atoms with Crippen LogP contribution >= 0.6 is 12.4 Å². The molecule has 3 heterocycles. The normalized spacial score (nSPS) is 17.0. The van der Waals surface area contributed by atoms with Crippen LogP contribution in [0.15, 0.2) is 36.4 Å². The fourth-order valence-electron chi connectivity index (χ4n) is 3.49. The standard InChI is InChI=1S/C19H22N4.ClH.H2O/c1-13-8-6-7-11-23(13)19-18-17(20-14(2)21-19)12-16(22-18)15-9-4-3-5-10-15;;/h3-5,9-10,12-13H,6-8,11H2,1-2H3,(H,20,21);1H;1H2.